The second-order valence-corrected chi connectivity index (χ2v) is 6.67. The second kappa shape index (κ2) is 18.2. The van der Waals surface area contributed by atoms with Crippen LogP contribution >= 0.6 is 0 Å². The third-order valence-electron chi connectivity index (χ3n) is 4.03. The molecule has 0 aromatic carbocycles. The molecule has 1 atom stereocenters. The molecule has 150 valence electrons. The van der Waals surface area contributed by atoms with Crippen LogP contribution in [-0.4, -0.2) is 24.6 Å². The Bertz CT molecular complexity index is 412. The molecule has 0 aromatic heterocycles. The van der Waals surface area contributed by atoms with E-state index >= 15 is 0 Å². The minimum atomic E-state index is -0.307. The Kier molecular flexibility index (Phi) is 17.1. The third kappa shape index (κ3) is 18.8. The summed E-state index contributed by atoms with van der Waals surface area (Å²) in [5, 5.41) is 0. The first kappa shape index (κ1) is 24.4. The molecule has 4 heteroatoms. The van der Waals surface area contributed by atoms with E-state index in [9.17, 15) is 9.59 Å². The van der Waals surface area contributed by atoms with Crippen LogP contribution in [0.25, 0.3) is 0 Å². The Balaban J connectivity index is 3.69. The molecule has 0 aliphatic heterocycles. The topological polar surface area (TPSA) is 52.6 Å². The van der Waals surface area contributed by atoms with Gasteiger partial charge in [0.1, 0.15) is 6.10 Å². The van der Waals surface area contributed by atoms with Crippen LogP contribution in [-0.2, 0) is 19.1 Å². The molecule has 0 fully saturated rings. The van der Waals surface area contributed by atoms with E-state index in [4.69, 9.17) is 9.47 Å². The Labute approximate surface area is 160 Å². The third-order valence-corrected chi connectivity index (χ3v) is 4.03. The van der Waals surface area contributed by atoms with Gasteiger partial charge in [-0.05, 0) is 32.1 Å². The molecular weight excluding hydrogens is 328 g/mol. The first-order chi connectivity index (χ1) is 12.6. The lowest BCUT2D eigenvalue weighted by Crippen LogP contribution is -2.18. The molecule has 0 N–H and O–H groups in total. The van der Waals surface area contributed by atoms with Crippen molar-refractivity contribution in [3.63, 3.8) is 0 Å². The zero-order valence-corrected chi connectivity index (χ0v) is 17.0. The van der Waals surface area contributed by atoms with Crippen molar-refractivity contribution < 1.29 is 19.1 Å². The van der Waals surface area contributed by atoms with Crippen LogP contribution in [0.4, 0.5) is 0 Å². The number of hydrogen-bond acceptors (Lipinski definition) is 4. The van der Waals surface area contributed by atoms with Crippen LogP contribution in [0.1, 0.15) is 91.4 Å². The number of carbonyl (C=O) groups excluding carboxylic acids is 2. The van der Waals surface area contributed by atoms with Crippen molar-refractivity contribution in [2.75, 3.05) is 6.61 Å². The van der Waals surface area contributed by atoms with E-state index in [1.54, 1.807) is 0 Å². The number of esters is 2. The number of ether oxygens (including phenoxy) is 2. The average Bonchev–Trinajstić information content (AvgIpc) is 2.58. The van der Waals surface area contributed by atoms with Crippen LogP contribution in [0.2, 0.25) is 0 Å². The smallest absolute Gasteiger partial charge is 0.302 e. The van der Waals surface area contributed by atoms with Gasteiger partial charge in [-0.25, -0.2) is 0 Å². The van der Waals surface area contributed by atoms with Crippen molar-refractivity contribution in [2.24, 2.45) is 0 Å². The van der Waals surface area contributed by atoms with Gasteiger partial charge < -0.3 is 9.47 Å². The minimum absolute atomic E-state index is 0.220. The Morgan fingerprint density at radius 1 is 0.808 bits per heavy atom. The molecule has 26 heavy (non-hydrogen) atoms. The first-order valence-electron chi connectivity index (χ1n) is 10.2. The van der Waals surface area contributed by atoms with Crippen molar-refractivity contribution in [1.82, 2.24) is 0 Å². The van der Waals surface area contributed by atoms with Crippen LogP contribution in [0, 0.1) is 0 Å². The minimum Gasteiger partial charge on any atom is -0.466 e. The maximum absolute atomic E-state index is 11.1. The summed E-state index contributed by atoms with van der Waals surface area (Å²) in [6.07, 6.45) is 20.9. The van der Waals surface area contributed by atoms with Crippen LogP contribution in [0.15, 0.2) is 24.3 Å². The van der Waals surface area contributed by atoms with E-state index in [1.807, 2.05) is 0 Å². The highest BCUT2D eigenvalue weighted by atomic mass is 16.6. The number of unbranched alkanes of at least 4 members (excludes halogenated alkanes) is 7. The molecule has 0 aliphatic carbocycles. The van der Waals surface area contributed by atoms with E-state index < -0.39 is 0 Å². The van der Waals surface area contributed by atoms with E-state index in [0.717, 1.165) is 6.42 Å². The van der Waals surface area contributed by atoms with Gasteiger partial charge in [0.15, 0.2) is 0 Å². The molecule has 0 rings (SSSR count). The fraction of sp³-hybridized carbons (Fsp3) is 0.727. The zero-order chi connectivity index (χ0) is 19.5. The number of allylic oxidation sites excluding steroid dienone is 3. The highest BCUT2D eigenvalue weighted by molar-refractivity contribution is 5.66. The summed E-state index contributed by atoms with van der Waals surface area (Å²) in [6, 6.07) is 0. The van der Waals surface area contributed by atoms with Crippen molar-refractivity contribution in [3.05, 3.63) is 24.3 Å². The first-order valence-corrected chi connectivity index (χ1v) is 10.2. The Morgan fingerprint density at radius 3 is 1.92 bits per heavy atom. The maximum Gasteiger partial charge on any atom is 0.302 e. The van der Waals surface area contributed by atoms with Gasteiger partial charge in [-0.15, -0.1) is 0 Å². The summed E-state index contributed by atoms with van der Waals surface area (Å²) in [5.74, 6) is -0.603. The summed E-state index contributed by atoms with van der Waals surface area (Å²) in [6.45, 7) is 5.29. The number of hydrogen-bond donors (Lipinski definition) is 0. The van der Waals surface area contributed by atoms with E-state index in [2.05, 4.69) is 31.2 Å². The Morgan fingerprint density at radius 2 is 1.38 bits per heavy atom. The van der Waals surface area contributed by atoms with Crippen molar-refractivity contribution in [2.45, 2.75) is 97.5 Å². The number of carbonyl (C=O) groups is 2. The molecule has 0 aromatic rings. The van der Waals surface area contributed by atoms with E-state index in [1.165, 1.54) is 65.2 Å². The van der Waals surface area contributed by atoms with Gasteiger partial charge in [0, 0.05) is 26.7 Å². The SMILES string of the molecule is CCCCC=CCCCCCCC=CCC(CCOC(C)=O)OC(C)=O. The normalized spacial score (nSPS) is 12.6. The Hall–Kier alpha value is -1.58. The molecule has 0 saturated carbocycles. The standard InChI is InChI=1S/C22H38O4/c1-4-5-6-7-8-9-10-11-12-13-14-15-16-17-22(26-21(3)24)18-19-25-20(2)23/h7-8,15-16,22H,4-6,9-14,17-19H2,1-3H3. The molecule has 1 unspecified atom stereocenters. The van der Waals surface area contributed by atoms with E-state index in [-0.39, 0.29) is 24.6 Å². The molecule has 0 saturated heterocycles. The van der Waals surface area contributed by atoms with Gasteiger partial charge in [0.2, 0.25) is 0 Å². The average molecular weight is 367 g/mol. The highest BCUT2D eigenvalue weighted by Gasteiger charge is 2.10. The van der Waals surface area contributed by atoms with Gasteiger partial charge in [0.25, 0.3) is 0 Å². The molecule has 0 radical (unpaired) electrons. The highest BCUT2D eigenvalue weighted by Crippen LogP contribution is 2.10. The van der Waals surface area contributed by atoms with Gasteiger partial charge in [0.05, 0.1) is 6.61 Å². The monoisotopic (exact) mass is 366 g/mol. The summed E-state index contributed by atoms with van der Waals surface area (Å²) < 4.78 is 10.2. The summed E-state index contributed by atoms with van der Waals surface area (Å²) in [4.78, 5) is 21.9. The predicted octanol–water partition coefficient (Wildman–Crippen LogP) is 5.90. The lowest BCUT2D eigenvalue weighted by Gasteiger charge is -2.14. The van der Waals surface area contributed by atoms with Crippen LogP contribution in [0.5, 0.6) is 0 Å². The molecule has 4 nitrogen and oxygen atoms in total. The fourth-order valence-electron chi connectivity index (χ4n) is 2.60. The fourth-order valence-corrected chi connectivity index (χ4v) is 2.60. The lowest BCUT2D eigenvalue weighted by molar-refractivity contribution is -0.148. The molecule has 0 amide bonds. The van der Waals surface area contributed by atoms with Gasteiger partial charge in [-0.2, -0.15) is 0 Å². The summed E-state index contributed by atoms with van der Waals surface area (Å²) in [5.41, 5.74) is 0. The predicted molar refractivity (Wildman–Crippen MR) is 107 cm³/mol. The molecular formula is C22H38O4. The van der Waals surface area contributed by atoms with Gasteiger partial charge in [-0.1, -0.05) is 56.9 Å². The summed E-state index contributed by atoms with van der Waals surface area (Å²) >= 11 is 0. The molecule has 0 spiro atoms. The van der Waals surface area contributed by atoms with Crippen LogP contribution in [0.3, 0.4) is 0 Å². The van der Waals surface area contributed by atoms with Gasteiger partial charge in [-0.3, -0.25) is 9.59 Å². The molecule has 0 bridgehead atoms. The molecule has 0 heterocycles. The molecule has 0 aliphatic rings. The van der Waals surface area contributed by atoms with Crippen LogP contribution < -0.4 is 0 Å². The second-order valence-electron chi connectivity index (χ2n) is 6.67. The lowest BCUT2D eigenvalue weighted by atomic mass is 10.1. The van der Waals surface area contributed by atoms with E-state index in [0.29, 0.717) is 12.8 Å². The van der Waals surface area contributed by atoms with Gasteiger partial charge >= 0.3 is 11.9 Å². The van der Waals surface area contributed by atoms with Crippen molar-refractivity contribution in [3.8, 4) is 0 Å². The zero-order valence-electron chi connectivity index (χ0n) is 17.0. The summed E-state index contributed by atoms with van der Waals surface area (Å²) in [7, 11) is 0. The largest absolute Gasteiger partial charge is 0.466 e. The number of rotatable bonds is 16. The van der Waals surface area contributed by atoms with Crippen molar-refractivity contribution in [1.29, 1.82) is 0 Å². The quantitative estimate of drug-likeness (QED) is 0.194. The van der Waals surface area contributed by atoms with Crippen molar-refractivity contribution >= 4 is 11.9 Å². The maximum atomic E-state index is 11.1.